The molecule has 88 valence electrons. The highest BCUT2D eigenvalue weighted by molar-refractivity contribution is 6.42. The van der Waals surface area contributed by atoms with E-state index >= 15 is 0 Å². The number of hydrogen-bond acceptors (Lipinski definition) is 4. The van der Waals surface area contributed by atoms with Gasteiger partial charge in [0.1, 0.15) is 0 Å². The SMILES string of the molecule is Cc1ccnc(Oc2cc(Cl)c(Cl)cc2N)n1. The fourth-order valence-electron chi connectivity index (χ4n) is 1.21. The van der Waals surface area contributed by atoms with E-state index in [9.17, 15) is 0 Å². The minimum Gasteiger partial charge on any atom is -0.422 e. The van der Waals surface area contributed by atoms with Gasteiger partial charge in [0.05, 0.1) is 15.7 Å². The third-order valence-corrected chi connectivity index (χ3v) is 2.75. The zero-order valence-electron chi connectivity index (χ0n) is 8.95. The number of halogens is 2. The zero-order chi connectivity index (χ0) is 12.4. The molecule has 0 atom stereocenters. The lowest BCUT2D eigenvalue weighted by Gasteiger charge is -2.08. The highest BCUT2D eigenvalue weighted by Crippen LogP contribution is 2.34. The Morgan fingerprint density at radius 3 is 2.65 bits per heavy atom. The van der Waals surface area contributed by atoms with Crippen molar-refractivity contribution >= 4 is 28.9 Å². The number of ether oxygens (including phenoxy) is 1. The van der Waals surface area contributed by atoms with Gasteiger partial charge in [0.25, 0.3) is 0 Å². The smallest absolute Gasteiger partial charge is 0.322 e. The predicted molar refractivity (Wildman–Crippen MR) is 67.7 cm³/mol. The maximum Gasteiger partial charge on any atom is 0.322 e. The quantitative estimate of drug-likeness (QED) is 0.849. The molecule has 0 fully saturated rings. The molecule has 1 aromatic carbocycles. The van der Waals surface area contributed by atoms with Gasteiger partial charge in [-0.25, -0.2) is 9.97 Å². The molecule has 0 spiro atoms. The predicted octanol–water partition coefficient (Wildman–Crippen LogP) is 3.47. The average molecular weight is 270 g/mol. The molecule has 0 bridgehead atoms. The lowest BCUT2D eigenvalue weighted by Crippen LogP contribution is -1.96. The molecule has 0 unspecified atom stereocenters. The van der Waals surface area contributed by atoms with Crippen LogP contribution in [0.2, 0.25) is 10.0 Å². The first-order valence-electron chi connectivity index (χ1n) is 4.78. The molecule has 17 heavy (non-hydrogen) atoms. The summed E-state index contributed by atoms with van der Waals surface area (Å²) in [7, 11) is 0. The van der Waals surface area contributed by atoms with Crippen LogP contribution in [0.4, 0.5) is 5.69 Å². The fourth-order valence-corrected chi connectivity index (χ4v) is 1.53. The maximum atomic E-state index is 5.87. The van der Waals surface area contributed by atoms with Crippen molar-refractivity contribution in [2.24, 2.45) is 0 Å². The Hall–Kier alpha value is -1.52. The van der Waals surface area contributed by atoms with Crippen molar-refractivity contribution in [1.29, 1.82) is 0 Å². The number of benzene rings is 1. The number of aromatic nitrogens is 2. The van der Waals surface area contributed by atoms with Crippen LogP contribution in [0.3, 0.4) is 0 Å². The van der Waals surface area contributed by atoms with Crippen molar-refractivity contribution in [2.45, 2.75) is 6.92 Å². The van der Waals surface area contributed by atoms with Crippen molar-refractivity contribution < 1.29 is 4.74 Å². The second kappa shape index (κ2) is 4.77. The minimum absolute atomic E-state index is 0.218. The summed E-state index contributed by atoms with van der Waals surface area (Å²) in [6.07, 6.45) is 1.60. The van der Waals surface area contributed by atoms with Gasteiger partial charge in [-0.2, -0.15) is 0 Å². The molecule has 0 saturated heterocycles. The maximum absolute atomic E-state index is 5.87. The van der Waals surface area contributed by atoms with Gasteiger partial charge in [0.2, 0.25) is 0 Å². The summed E-state index contributed by atoms with van der Waals surface area (Å²) in [6.45, 7) is 1.84. The molecule has 4 nitrogen and oxygen atoms in total. The third-order valence-electron chi connectivity index (χ3n) is 2.03. The summed E-state index contributed by atoms with van der Waals surface area (Å²) in [5.41, 5.74) is 6.93. The fraction of sp³-hybridized carbons (Fsp3) is 0.0909. The lowest BCUT2D eigenvalue weighted by molar-refractivity contribution is 0.442. The lowest BCUT2D eigenvalue weighted by atomic mass is 10.3. The molecular formula is C11H9Cl2N3O. The van der Waals surface area contributed by atoms with Gasteiger partial charge in [-0.15, -0.1) is 0 Å². The van der Waals surface area contributed by atoms with Crippen LogP contribution in [0.5, 0.6) is 11.8 Å². The van der Waals surface area contributed by atoms with Crippen molar-refractivity contribution in [2.75, 3.05) is 5.73 Å². The molecule has 0 radical (unpaired) electrons. The Labute approximate surface area is 108 Å². The van der Waals surface area contributed by atoms with Gasteiger partial charge >= 0.3 is 6.01 Å². The van der Waals surface area contributed by atoms with E-state index in [0.29, 0.717) is 21.5 Å². The molecule has 2 aromatic rings. The van der Waals surface area contributed by atoms with E-state index in [1.54, 1.807) is 12.3 Å². The first kappa shape index (κ1) is 12.0. The normalized spacial score (nSPS) is 10.3. The first-order valence-corrected chi connectivity index (χ1v) is 5.54. The van der Waals surface area contributed by atoms with Crippen LogP contribution in [-0.2, 0) is 0 Å². The molecule has 1 heterocycles. The number of rotatable bonds is 2. The van der Waals surface area contributed by atoms with Crippen LogP contribution in [0.25, 0.3) is 0 Å². The summed E-state index contributed by atoms with van der Waals surface area (Å²) in [6, 6.07) is 5.04. The largest absolute Gasteiger partial charge is 0.422 e. The van der Waals surface area contributed by atoms with Gasteiger partial charge < -0.3 is 10.5 Å². The first-order chi connectivity index (χ1) is 8.06. The molecule has 0 aliphatic heterocycles. The number of anilines is 1. The van der Waals surface area contributed by atoms with Gasteiger partial charge in [0.15, 0.2) is 5.75 Å². The number of aryl methyl sites for hydroxylation is 1. The van der Waals surface area contributed by atoms with Gasteiger partial charge in [-0.3, -0.25) is 0 Å². The Kier molecular flexibility index (Phi) is 3.36. The topological polar surface area (TPSA) is 61.0 Å². The number of nitrogens with two attached hydrogens (primary N) is 1. The Bertz CT molecular complexity index is 560. The minimum atomic E-state index is 0.218. The molecule has 0 saturated carbocycles. The van der Waals surface area contributed by atoms with E-state index in [4.69, 9.17) is 33.7 Å². The van der Waals surface area contributed by atoms with Crippen LogP contribution < -0.4 is 10.5 Å². The van der Waals surface area contributed by atoms with E-state index in [2.05, 4.69) is 9.97 Å². The van der Waals surface area contributed by atoms with Gasteiger partial charge in [-0.1, -0.05) is 23.2 Å². The molecule has 1 aromatic heterocycles. The van der Waals surface area contributed by atoms with Crippen LogP contribution in [0.1, 0.15) is 5.69 Å². The Morgan fingerprint density at radius 1 is 1.24 bits per heavy atom. The molecule has 2 rings (SSSR count). The summed E-state index contributed by atoms with van der Waals surface area (Å²) < 4.78 is 5.44. The Morgan fingerprint density at radius 2 is 1.94 bits per heavy atom. The van der Waals surface area contributed by atoms with Crippen molar-refractivity contribution in [3.05, 3.63) is 40.1 Å². The zero-order valence-corrected chi connectivity index (χ0v) is 10.5. The molecule has 0 aliphatic carbocycles. The second-order valence-corrected chi connectivity index (χ2v) is 4.20. The standard InChI is InChI=1S/C11H9Cl2N3O/c1-6-2-3-15-11(16-6)17-10-5-8(13)7(12)4-9(10)14/h2-5H,14H2,1H3. The van der Waals surface area contributed by atoms with Crippen molar-refractivity contribution in [3.8, 4) is 11.8 Å². The number of nitrogens with zero attached hydrogens (tertiary/aromatic N) is 2. The second-order valence-electron chi connectivity index (χ2n) is 3.39. The number of hydrogen-bond donors (Lipinski definition) is 1. The molecular weight excluding hydrogens is 261 g/mol. The molecule has 0 amide bonds. The Balaban J connectivity index is 2.33. The highest BCUT2D eigenvalue weighted by Gasteiger charge is 2.08. The molecule has 2 N–H and O–H groups in total. The van der Waals surface area contributed by atoms with E-state index in [1.165, 1.54) is 12.1 Å². The van der Waals surface area contributed by atoms with E-state index in [1.807, 2.05) is 6.92 Å². The van der Waals surface area contributed by atoms with Crippen LogP contribution in [0, 0.1) is 6.92 Å². The van der Waals surface area contributed by atoms with Gasteiger partial charge in [-0.05, 0) is 19.1 Å². The average Bonchev–Trinajstić information content (AvgIpc) is 2.26. The highest BCUT2D eigenvalue weighted by atomic mass is 35.5. The van der Waals surface area contributed by atoms with Crippen molar-refractivity contribution in [1.82, 2.24) is 9.97 Å². The summed E-state index contributed by atoms with van der Waals surface area (Å²) in [4.78, 5) is 8.06. The molecule has 0 aliphatic rings. The summed E-state index contributed by atoms with van der Waals surface area (Å²) >= 11 is 11.7. The van der Waals surface area contributed by atoms with E-state index in [0.717, 1.165) is 5.69 Å². The van der Waals surface area contributed by atoms with Crippen LogP contribution in [-0.4, -0.2) is 9.97 Å². The third kappa shape index (κ3) is 2.78. The van der Waals surface area contributed by atoms with E-state index in [-0.39, 0.29) is 6.01 Å². The monoisotopic (exact) mass is 269 g/mol. The van der Waals surface area contributed by atoms with Crippen molar-refractivity contribution in [3.63, 3.8) is 0 Å². The summed E-state index contributed by atoms with van der Waals surface area (Å²) in [5.74, 6) is 0.380. The van der Waals surface area contributed by atoms with E-state index < -0.39 is 0 Å². The summed E-state index contributed by atoms with van der Waals surface area (Å²) in [5, 5.41) is 0.741. The van der Waals surface area contributed by atoms with Gasteiger partial charge in [0, 0.05) is 18.0 Å². The van der Waals surface area contributed by atoms with Crippen LogP contribution >= 0.6 is 23.2 Å². The van der Waals surface area contributed by atoms with Crippen LogP contribution in [0.15, 0.2) is 24.4 Å². The molecule has 6 heteroatoms. The number of nitrogen functional groups attached to an aromatic ring is 1.